The number of hydrogen-bond acceptors (Lipinski definition) is 8. The summed E-state index contributed by atoms with van der Waals surface area (Å²) in [6.07, 6.45) is 44.3. The largest absolute Gasteiger partial charge is 0.392 e. The summed E-state index contributed by atoms with van der Waals surface area (Å²) in [5.41, 5.74) is 0. The van der Waals surface area contributed by atoms with E-state index in [1.165, 1.54) is 199 Å². The van der Waals surface area contributed by atoms with Crippen molar-refractivity contribution in [1.29, 1.82) is 0 Å². The lowest BCUT2D eigenvalue weighted by Crippen LogP contribution is -2.42. The van der Waals surface area contributed by atoms with Crippen LogP contribution >= 0.6 is 0 Å². The molecule has 0 saturated carbocycles. The van der Waals surface area contributed by atoms with E-state index in [1.807, 2.05) is 6.92 Å². The fraction of sp³-hybridized carbons (Fsp3) is 1.00. The van der Waals surface area contributed by atoms with E-state index < -0.39 is 24.4 Å². The Morgan fingerprint density at radius 1 is 0.318 bits per heavy atom. The average Bonchev–Trinajstić information content (AvgIpc) is 3.30. The van der Waals surface area contributed by atoms with E-state index in [0.717, 1.165) is 25.7 Å². The second-order valence-corrected chi connectivity index (χ2v) is 21.2. The summed E-state index contributed by atoms with van der Waals surface area (Å²) < 4.78 is 12.1. The van der Waals surface area contributed by atoms with Gasteiger partial charge in [0, 0.05) is 39.3 Å². The second-order valence-electron chi connectivity index (χ2n) is 21.2. The number of hydrogen-bond donors (Lipinski definition) is 4. The molecule has 0 fully saturated rings. The topological polar surface area (TPSA) is 106 Å². The molecule has 0 heterocycles. The molecule has 0 aliphatic heterocycles. The molecule has 0 spiro atoms. The van der Waals surface area contributed by atoms with Gasteiger partial charge in [-0.25, -0.2) is 0 Å². The Bertz CT molecular complexity index is 930. The molecule has 0 rings (SSSR count). The van der Waals surface area contributed by atoms with Gasteiger partial charge in [0.25, 0.3) is 0 Å². The first kappa shape index (κ1) is 65.7. The van der Waals surface area contributed by atoms with Gasteiger partial charge in [0.2, 0.25) is 0 Å². The van der Waals surface area contributed by atoms with Gasteiger partial charge in [-0.15, -0.1) is 0 Å². The van der Waals surface area contributed by atoms with Crippen LogP contribution in [0.3, 0.4) is 0 Å². The van der Waals surface area contributed by atoms with Crippen LogP contribution in [0.5, 0.6) is 0 Å². The molecule has 0 radical (unpaired) electrons. The highest BCUT2D eigenvalue weighted by Gasteiger charge is 2.21. The number of aliphatic hydroxyl groups excluding tert-OH is 4. The fourth-order valence-electron chi connectivity index (χ4n) is 9.44. The van der Waals surface area contributed by atoms with Gasteiger partial charge in [0.15, 0.2) is 0 Å². The minimum atomic E-state index is -0.416. The second kappa shape index (κ2) is 51.0. The Labute approximate surface area is 412 Å². The number of ether oxygens (including phenoxy) is 2. The Kier molecular flexibility index (Phi) is 50.8. The van der Waals surface area contributed by atoms with E-state index in [4.69, 9.17) is 9.47 Å². The molecule has 8 heteroatoms. The van der Waals surface area contributed by atoms with Crippen LogP contribution < -0.4 is 0 Å². The third-order valence-electron chi connectivity index (χ3n) is 14.5. The molecule has 0 aromatic heterocycles. The monoisotopic (exact) mass is 941 g/mol. The van der Waals surface area contributed by atoms with Crippen molar-refractivity contribution in [3.8, 4) is 0 Å². The van der Waals surface area contributed by atoms with Crippen LogP contribution in [0.15, 0.2) is 0 Å². The van der Waals surface area contributed by atoms with Gasteiger partial charge >= 0.3 is 0 Å². The maximum atomic E-state index is 11.3. The van der Waals surface area contributed by atoms with Gasteiger partial charge in [-0.3, -0.25) is 9.80 Å². The summed E-state index contributed by atoms with van der Waals surface area (Å²) in [5.74, 6) is 0.467. The molecular weight excluding hydrogens is 821 g/mol. The lowest BCUT2D eigenvalue weighted by Gasteiger charge is -2.30. The maximum Gasteiger partial charge on any atom is 0.0701 e. The molecule has 66 heavy (non-hydrogen) atoms. The quantitative estimate of drug-likeness (QED) is 0.0447. The summed E-state index contributed by atoms with van der Waals surface area (Å²) in [6.45, 7) is 18.8. The molecule has 0 bridgehead atoms. The van der Waals surface area contributed by atoms with Crippen molar-refractivity contribution in [3.63, 3.8) is 0 Å². The van der Waals surface area contributed by atoms with E-state index in [-0.39, 0.29) is 11.8 Å². The Hall–Kier alpha value is -0.320. The molecule has 0 aromatic carbocycles. The minimum absolute atomic E-state index is 0.233. The highest BCUT2D eigenvalue weighted by molar-refractivity contribution is 4.75. The molecule has 6 unspecified atom stereocenters. The van der Waals surface area contributed by atoms with Gasteiger partial charge in [-0.1, -0.05) is 247 Å². The average molecular weight is 942 g/mol. The van der Waals surface area contributed by atoms with E-state index in [1.54, 1.807) is 0 Å². The highest BCUT2D eigenvalue weighted by atomic mass is 16.5. The Morgan fingerprint density at radius 3 is 0.894 bits per heavy atom. The van der Waals surface area contributed by atoms with Crippen molar-refractivity contribution in [2.45, 2.75) is 297 Å². The van der Waals surface area contributed by atoms with Gasteiger partial charge in [0.05, 0.1) is 50.8 Å². The van der Waals surface area contributed by atoms with Gasteiger partial charge in [-0.2, -0.15) is 0 Å². The van der Waals surface area contributed by atoms with Crippen LogP contribution in [-0.4, -0.2) is 120 Å². The first-order valence-electron chi connectivity index (χ1n) is 29.5. The van der Waals surface area contributed by atoms with Crippen LogP contribution in [0.1, 0.15) is 273 Å². The van der Waals surface area contributed by atoms with E-state index in [9.17, 15) is 20.4 Å². The van der Waals surface area contributed by atoms with Gasteiger partial charge < -0.3 is 29.9 Å². The minimum Gasteiger partial charge on any atom is -0.392 e. The molecule has 4 N–H and O–H groups in total. The van der Waals surface area contributed by atoms with Crippen molar-refractivity contribution in [2.75, 3.05) is 65.7 Å². The van der Waals surface area contributed by atoms with Gasteiger partial charge in [0.1, 0.15) is 0 Å². The zero-order valence-electron chi connectivity index (χ0n) is 45.5. The maximum absolute atomic E-state index is 11.3. The lowest BCUT2D eigenvalue weighted by molar-refractivity contribution is 0.0000344. The molecule has 0 aliphatic rings. The predicted molar refractivity (Wildman–Crippen MR) is 286 cm³/mol. The number of nitrogens with zero attached hydrogens (tertiary/aromatic N) is 2. The van der Waals surface area contributed by atoms with E-state index in [0.29, 0.717) is 72.1 Å². The van der Waals surface area contributed by atoms with Crippen LogP contribution in [0, 0.1) is 11.8 Å². The molecule has 0 aliphatic carbocycles. The molecule has 8 nitrogen and oxygen atoms in total. The smallest absolute Gasteiger partial charge is 0.0701 e. The number of rotatable bonds is 55. The van der Waals surface area contributed by atoms with E-state index >= 15 is 0 Å². The summed E-state index contributed by atoms with van der Waals surface area (Å²) in [5, 5.41) is 44.0. The third kappa shape index (κ3) is 44.9. The molecule has 398 valence electrons. The zero-order valence-corrected chi connectivity index (χ0v) is 45.5. The SMILES string of the molecule is CCCCCCCCCCCCCCC(O)CN(CCOCCOCCN(CC(O)CC)CC(O)C(C)CCCCCCCCCCCC)CC(O)C(C)CCCCCCCCCCCC. The molecule has 0 aromatic rings. The van der Waals surface area contributed by atoms with Crippen LogP contribution in [0.4, 0.5) is 0 Å². The van der Waals surface area contributed by atoms with Crippen molar-refractivity contribution in [3.05, 3.63) is 0 Å². The van der Waals surface area contributed by atoms with Crippen molar-refractivity contribution in [1.82, 2.24) is 9.80 Å². The van der Waals surface area contributed by atoms with Crippen LogP contribution in [0.25, 0.3) is 0 Å². The normalized spacial score (nSPS) is 14.9. The molecule has 6 atom stereocenters. The molecule has 0 saturated heterocycles. The lowest BCUT2D eigenvalue weighted by atomic mass is 9.96. The molecule has 0 amide bonds. The standard InChI is InChI=1S/C58H120N2O6/c1-7-11-14-17-20-23-26-27-30-33-36-39-42-56(62)50-60(52-58(64)54(6)41-38-35-32-29-25-22-19-16-13-9-3)44-46-66-48-47-65-45-43-59(49-55(61)10-4)51-57(63)53(5)40-37-34-31-28-24-21-18-15-12-8-2/h53-58,61-64H,7-52H2,1-6H3. The van der Waals surface area contributed by atoms with E-state index in [2.05, 4.69) is 44.4 Å². The first-order valence-corrected chi connectivity index (χ1v) is 29.5. The first-order chi connectivity index (χ1) is 32.2. The summed E-state index contributed by atoms with van der Waals surface area (Å²) >= 11 is 0. The summed E-state index contributed by atoms with van der Waals surface area (Å²) in [7, 11) is 0. The van der Waals surface area contributed by atoms with Gasteiger partial charge in [-0.05, 0) is 37.5 Å². The molecular formula is C58H120N2O6. The van der Waals surface area contributed by atoms with Crippen LogP contribution in [0.2, 0.25) is 0 Å². The van der Waals surface area contributed by atoms with Crippen LogP contribution in [-0.2, 0) is 9.47 Å². The summed E-state index contributed by atoms with van der Waals surface area (Å²) in [4.78, 5) is 4.39. The third-order valence-corrected chi connectivity index (χ3v) is 14.5. The Morgan fingerprint density at radius 2 is 0.591 bits per heavy atom. The van der Waals surface area contributed by atoms with Crippen molar-refractivity contribution in [2.24, 2.45) is 11.8 Å². The predicted octanol–water partition coefficient (Wildman–Crippen LogP) is 14.5. The van der Waals surface area contributed by atoms with Crippen molar-refractivity contribution >= 4 is 0 Å². The Balaban J connectivity index is 4.71. The summed E-state index contributed by atoms with van der Waals surface area (Å²) in [6, 6.07) is 0. The number of unbranched alkanes of at least 4 members (excludes halogenated alkanes) is 29. The zero-order chi connectivity index (χ0) is 48.6. The fourth-order valence-corrected chi connectivity index (χ4v) is 9.44. The number of aliphatic hydroxyl groups is 4. The highest BCUT2D eigenvalue weighted by Crippen LogP contribution is 2.20. The van der Waals surface area contributed by atoms with Crippen molar-refractivity contribution < 1.29 is 29.9 Å².